The number of hydrogen-bond donors (Lipinski definition) is 1. The molecule has 0 aliphatic carbocycles. The molecule has 2 aliphatic rings. The van der Waals surface area contributed by atoms with Crippen LogP contribution in [0.5, 0.6) is 5.75 Å². The maximum absolute atomic E-state index is 14.6. The molecule has 0 amide bonds. The molecule has 2 aliphatic heterocycles. The second kappa shape index (κ2) is 12.3. The molecule has 1 fully saturated rings. The summed E-state index contributed by atoms with van der Waals surface area (Å²) in [6, 6.07) is 4.66. The van der Waals surface area contributed by atoms with Crippen molar-refractivity contribution in [2.24, 2.45) is 4.99 Å². The third kappa shape index (κ3) is 6.84. The number of rotatable bonds is 11. The Bertz CT molecular complexity index is 1270. The van der Waals surface area contributed by atoms with Gasteiger partial charge in [-0.1, -0.05) is 6.07 Å². The standard InChI is InChI=1S/C29H35F3N4O3/c1-29(31,32)20-16-23(26(39-3)24(30)17-20)25(28(37)38)36-15-12-22(18-36)35(2)14-6-4-5-9-21-11-10-19-8-7-13-33-27(19)34-21/h10-11,13,16-17,25H,4-9,12,14-15,18H2,1-3H3/p+1. The summed E-state index contributed by atoms with van der Waals surface area (Å²) in [4.78, 5) is 23.0. The van der Waals surface area contributed by atoms with Crippen LogP contribution in [0, 0.1) is 5.82 Å². The first-order valence-electron chi connectivity index (χ1n) is 13.4. The van der Waals surface area contributed by atoms with Crippen LogP contribution in [0.2, 0.25) is 0 Å². The highest BCUT2D eigenvalue weighted by Gasteiger charge is 2.38. The van der Waals surface area contributed by atoms with E-state index in [1.54, 1.807) is 4.90 Å². The number of likely N-dealkylation sites (tertiary alicyclic amines) is 1. The summed E-state index contributed by atoms with van der Waals surface area (Å²) in [5.74, 6) is -5.04. The summed E-state index contributed by atoms with van der Waals surface area (Å²) in [7, 11) is 3.19. The van der Waals surface area contributed by atoms with Crippen molar-refractivity contribution in [1.29, 1.82) is 0 Å². The van der Waals surface area contributed by atoms with E-state index in [2.05, 4.69) is 26.7 Å². The van der Waals surface area contributed by atoms with E-state index in [1.165, 1.54) is 12.7 Å². The first kappa shape index (κ1) is 28.7. The van der Waals surface area contributed by atoms with Crippen LogP contribution >= 0.6 is 0 Å². The van der Waals surface area contributed by atoms with E-state index < -0.39 is 29.3 Å². The predicted octanol–water partition coefficient (Wildman–Crippen LogP) is 5.32. The Morgan fingerprint density at radius 3 is 2.74 bits per heavy atom. The van der Waals surface area contributed by atoms with Crippen LogP contribution in [0.3, 0.4) is 0 Å². The molecule has 0 spiro atoms. The van der Waals surface area contributed by atoms with E-state index in [-0.39, 0.29) is 11.3 Å². The molecule has 1 aromatic carbocycles. The number of pyridine rings is 1. The summed E-state index contributed by atoms with van der Waals surface area (Å²) in [5, 5.41) is 10.0. The molecule has 10 heteroatoms. The van der Waals surface area contributed by atoms with Crippen molar-refractivity contribution in [3.05, 3.63) is 52.5 Å². The van der Waals surface area contributed by atoms with Gasteiger partial charge in [0.2, 0.25) is 0 Å². The maximum atomic E-state index is 14.6. The number of aliphatic carboxylic acids is 1. The van der Waals surface area contributed by atoms with Crippen molar-refractivity contribution in [2.45, 2.75) is 63.8 Å². The minimum atomic E-state index is -3.32. The molecule has 1 saturated heterocycles. The fourth-order valence-electron chi connectivity index (χ4n) is 5.29. The fraction of sp³-hybridized carbons (Fsp3) is 0.517. The molecule has 1 atom stereocenters. The van der Waals surface area contributed by atoms with Gasteiger partial charge in [-0.15, -0.1) is 0 Å². The molecule has 0 radical (unpaired) electrons. The molecule has 0 saturated carbocycles. The van der Waals surface area contributed by atoms with Crippen LogP contribution < -0.4 is 4.74 Å². The van der Waals surface area contributed by atoms with Crippen LogP contribution in [-0.4, -0.2) is 71.3 Å². The topological polar surface area (TPSA) is 78.0 Å². The number of halogens is 3. The Kier molecular flexibility index (Phi) is 9.04. The van der Waals surface area contributed by atoms with E-state index in [4.69, 9.17) is 4.74 Å². The zero-order chi connectivity index (χ0) is 28.2. The lowest BCUT2D eigenvalue weighted by Gasteiger charge is -2.26. The molecule has 7 nitrogen and oxygen atoms in total. The lowest BCUT2D eigenvalue weighted by atomic mass is 9.98. The number of ether oxygens (including phenoxy) is 1. The van der Waals surface area contributed by atoms with E-state index in [1.807, 2.05) is 13.3 Å². The highest BCUT2D eigenvalue weighted by atomic mass is 19.3. The van der Waals surface area contributed by atoms with Gasteiger partial charge in [-0.2, -0.15) is 0 Å². The number of nitrogens with zero attached hydrogens (tertiary/aromatic N) is 4. The van der Waals surface area contributed by atoms with E-state index in [0.717, 1.165) is 68.4 Å². The molecule has 1 unspecified atom stereocenters. The number of alkyl halides is 2. The van der Waals surface area contributed by atoms with Crippen molar-refractivity contribution < 1.29 is 32.4 Å². The fourth-order valence-corrected chi connectivity index (χ4v) is 5.29. The molecular weight excluding hydrogens is 509 g/mol. The zero-order valence-corrected chi connectivity index (χ0v) is 22.7. The Morgan fingerprint density at radius 1 is 1.23 bits per heavy atom. The number of methoxy groups -OCH3 is 1. The highest BCUT2D eigenvalue weighted by molar-refractivity contribution is 5.86. The summed E-state index contributed by atoms with van der Waals surface area (Å²) in [6.07, 6.45) is 8.43. The van der Waals surface area contributed by atoms with E-state index in [0.29, 0.717) is 32.5 Å². The molecule has 4 rings (SSSR count). The van der Waals surface area contributed by atoms with Gasteiger partial charge in [-0.05, 0) is 55.9 Å². The number of unbranched alkanes of at least 4 members (excludes halogenated alkanes) is 2. The van der Waals surface area contributed by atoms with Crippen LogP contribution in [0.4, 0.5) is 19.0 Å². The van der Waals surface area contributed by atoms with Gasteiger partial charge in [-0.25, -0.2) is 27.7 Å². The van der Waals surface area contributed by atoms with Gasteiger partial charge < -0.3 is 9.84 Å². The molecule has 1 N–H and O–H groups in total. The number of hydrogen-bond acceptors (Lipinski definition) is 5. The van der Waals surface area contributed by atoms with Gasteiger partial charge in [0.05, 0.1) is 13.7 Å². The summed E-state index contributed by atoms with van der Waals surface area (Å²) >= 11 is 0. The Hall–Kier alpha value is -3.27. The quantitative estimate of drug-likeness (QED) is 0.306. The predicted molar refractivity (Wildman–Crippen MR) is 143 cm³/mol. The number of carboxylic acids is 1. The third-order valence-corrected chi connectivity index (χ3v) is 7.49. The van der Waals surface area contributed by atoms with Crippen LogP contribution in [0.25, 0.3) is 0 Å². The number of carbonyl (C=O) groups is 1. The van der Waals surface area contributed by atoms with Crippen molar-refractivity contribution in [3.8, 4) is 5.75 Å². The average molecular weight is 546 g/mol. The largest absolute Gasteiger partial charge is 0.493 e. The maximum Gasteiger partial charge on any atom is 0.325 e. The number of carboxylic acid groups (broad SMARTS) is 1. The smallest absolute Gasteiger partial charge is 0.325 e. The molecule has 210 valence electrons. The van der Waals surface area contributed by atoms with E-state index in [9.17, 15) is 23.1 Å². The van der Waals surface area contributed by atoms with Gasteiger partial charge in [-0.3, -0.25) is 9.69 Å². The average Bonchev–Trinajstić information content (AvgIpc) is 3.37. The third-order valence-electron chi connectivity index (χ3n) is 7.49. The number of aromatic nitrogens is 1. The second-order valence-electron chi connectivity index (χ2n) is 10.4. The second-order valence-corrected chi connectivity index (χ2v) is 10.4. The van der Waals surface area contributed by atoms with Gasteiger partial charge in [0, 0.05) is 49.3 Å². The van der Waals surface area contributed by atoms with Gasteiger partial charge in [0.25, 0.3) is 5.92 Å². The number of fused-ring (bicyclic) bond motifs is 1. The first-order valence-corrected chi connectivity index (χ1v) is 13.4. The monoisotopic (exact) mass is 545 g/mol. The van der Waals surface area contributed by atoms with Gasteiger partial charge >= 0.3 is 5.97 Å². The normalized spacial score (nSPS) is 17.7. The lowest BCUT2D eigenvalue weighted by molar-refractivity contribution is -0.499. The minimum Gasteiger partial charge on any atom is -0.493 e. The van der Waals surface area contributed by atoms with Crippen molar-refractivity contribution in [2.75, 3.05) is 33.8 Å². The summed E-state index contributed by atoms with van der Waals surface area (Å²) in [6.45, 7) is 2.24. The highest BCUT2D eigenvalue weighted by Crippen LogP contribution is 2.38. The van der Waals surface area contributed by atoms with E-state index >= 15 is 0 Å². The Balaban J connectivity index is 1.37. The molecule has 39 heavy (non-hydrogen) atoms. The van der Waals surface area contributed by atoms with Crippen LogP contribution in [0.1, 0.15) is 67.5 Å². The number of aliphatic imine (C=N–C) groups is 1. The van der Waals surface area contributed by atoms with Gasteiger partial charge in [0.15, 0.2) is 23.1 Å². The van der Waals surface area contributed by atoms with Crippen molar-refractivity contribution >= 4 is 23.7 Å². The van der Waals surface area contributed by atoms with Crippen LogP contribution in [-0.2, 0) is 23.6 Å². The number of aryl methyl sites for hydroxylation is 2. The van der Waals surface area contributed by atoms with Crippen LogP contribution in [0.15, 0.2) is 29.3 Å². The molecule has 0 bridgehead atoms. The Labute approximate surface area is 227 Å². The number of benzene rings is 1. The van der Waals surface area contributed by atoms with Crippen molar-refractivity contribution in [1.82, 2.24) is 9.88 Å². The summed E-state index contributed by atoms with van der Waals surface area (Å²) < 4.78 is 49.9. The first-order chi connectivity index (χ1) is 18.6. The molecule has 1 aromatic heterocycles. The lowest BCUT2D eigenvalue weighted by Crippen LogP contribution is -2.34. The minimum absolute atomic E-state index is 0.105. The molecule has 3 heterocycles. The molecular formula is C29H36F3N4O3+. The zero-order valence-electron chi connectivity index (χ0n) is 22.7. The molecule has 2 aromatic rings. The van der Waals surface area contributed by atoms with Crippen molar-refractivity contribution in [3.63, 3.8) is 0 Å². The van der Waals surface area contributed by atoms with Gasteiger partial charge in [0.1, 0.15) is 19.6 Å². The summed E-state index contributed by atoms with van der Waals surface area (Å²) in [5.41, 5.74) is 2.63. The Morgan fingerprint density at radius 2 is 2.03 bits per heavy atom. The SMILES string of the molecule is COc1c(F)cc(C(C)(F)F)cc1C(C(=O)O)N1CCC(=[N+](C)CCCCCc2ccc3c(n2)N=CCC3)C1.